The second-order valence-corrected chi connectivity index (χ2v) is 8.25. The summed E-state index contributed by atoms with van der Waals surface area (Å²) in [5.41, 5.74) is 8.75. The predicted molar refractivity (Wildman–Crippen MR) is 127 cm³/mol. The normalized spacial score (nSPS) is 14.2. The van der Waals surface area contributed by atoms with Gasteiger partial charge in [0.15, 0.2) is 6.61 Å². The summed E-state index contributed by atoms with van der Waals surface area (Å²) < 4.78 is 18.2. The van der Waals surface area contributed by atoms with E-state index in [1.54, 1.807) is 10.7 Å². The molecule has 0 amide bonds. The minimum absolute atomic E-state index is 0.0787. The Labute approximate surface area is 202 Å². The molecule has 1 aliphatic heterocycles. The summed E-state index contributed by atoms with van der Waals surface area (Å²) in [4.78, 5) is 22.6. The molecule has 1 saturated heterocycles. The van der Waals surface area contributed by atoms with Crippen LogP contribution in [-0.4, -0.2) is 76.7 Å². The lowest BCUT2D eigenvalue weighted by Crippen LogP contribution is -2.38. The fraction of sp³-hybridized carbons (Fsp3) is 0.391. The number of morpholine rings is 1. The van der Waals surface area contributed by atoms with Gasteiger partial charge in [0.25, 0.3) is 0 Å². The van der Waals surface area contributed by atoms with Crippen molar-refractivity contribution < 1.29 is 19.0 Å². The predicted octanol–water partition coefficient (Wildman–Crippen LogP) is 1.96. The number of halogens is 1. The molecule has 1 fully saturated rings. The van der Waals surface area contributed by atoms with Gasteiger partial charge in [0, 0.05) is 50.9 Å². The number of carbonyl (C=O) groups excluding carboxylic acids is 1. The summed E-state index contributed by atoms with van der Waals surface area (Å²) in [6.07, 6.45) is 2.41. The highest BCUT2D eigenvalue weighted by atomic mass is 35.5. The number of aromatic nitrogens is 4. The van der Waals surface area contributed by atoms with Crippen molar-refractivity contribution in [1.82, 2.24) is 24.6 Å². The first-order valence-electron chi connectivity index (χ1n) is 11.0. The molecule has 0 spiro atoms. The molecule has 1 aromatic carbocycles. The Hall–Kier alpha value is -3.21. The number of nitrogens with two attached hydrogens (primary N) is 1. The maximum atomic E-state index is 12.2. The fourth-order valence-electron chi connectivity index (χ4n) is 3.73. The molecule has 3 heterocycles. The summed E-state index contributed by atoms with van der Waals surface area (Å²) in [6, 6.07) is 9.16. The van der Waals surface area contributed by atoms with Crippen LogP contribution in [0.4, 0.5) is 5.95 Å². The molecule has 34 heavy (non-hydrogen) atoms. The van der Waals surface area contributed by atoms with Crippen LogP contribution >= 0.6 is 11.6 Å². The molecule has 0 atom stereocenters. The zero-order chi connectivity index (χ0) is 23.9. The van der Waals surface area contributed by atoms with Crippen molar-refractivity contribution in [2.45, 2.75) is 6.42 Å². The average Bonchev–Trinajstić information content (AvgIpc) is 3.18. The van der Waals surface area contributed by atoms with Gasteiger partial charge in [0.1, 0.15) is 23.2 Å². The number of aryl methyl sites for hydroxylation is 1. The number of nitrogen functional groups attached to an aromatic ring is 1. The van der Waals surface area contributed by atoms with Crippen LogP contribution in [-0.2, 0) is 27.7 Å². The topological polar surface area (TPSA) is 118 Å². The standard InChI is InChI=1S/C23H27ClN6O4/c1-29-14-17(22(28-29)18-13-20(24)27-23(25)26-18)12-16-4-2-3-5-19(16)34-15-21(31)33-11-8-30-6-9-32-10-7-30/h2-5,13-14H,6-12,15H2,1H3,(H2,25,26,27). The number of para-hydroxylation sites is 1. The molecule has 3 aromatic rings. The van der Waals surface area contributed by atoms with Gasteiger partial charge in [-0.15, -0.1) is 0 Å². The Morgan fingerprint density at radius 1 is 1.21 bits per heavy atom. The number of nitrogens with zero attached hydrogens (tertiary/aromatic N) is 5. The van der Waals surface area contributed by atoms with E-state index < -0.39 is 5.97 Å². The molecule has 0 unspecified atom stereocenters. The molecule has 1 aliphatic rings. The molecule has 0 radical (unpaired) electrons. The highest BCUT2D eigenvalue weighted by molar-refractivity contribution is 6.29. The summed E-state index contributed by atoms with van der Waals surface area (Å²) >= 11 is 6.06. The minimum atomic E-state index is -0.406. The molecule has 2 aromatic heterocycles. The number of carbonyl (C=O) groups is 1. The molecule has 10 nitrogen and oxygen atoms in total. The van der Waals surface area contributed by atoms with Crippen LogP contribution in [0.5, 0.6) is 5.75 Å². The second-order valence-electron chi connectivity index (χ2n) is 7.86. The Morgan fingerprint density at radius 2 is 2.00 bits per heavy atom. The van der Waals surface area contributed by atoms with Crippen LogP contribution in [0.1, 0.15) is 11.1 Å². The minimum Gasteiger partial charge on any atom is -0.482 e. The largest absolute Gasteiger partial charge is 0.482 e. The van der Waals surface area contributed by atoms with E-state index in [0.717, 1.165) is 24.2 Å². The van der Waals surface area contributed by atoms with Gasteiger partial charge in [-0.3, -0.25) is 9.58 Å². The highest BCUT2D eigenvalue weighted by Gasteiger charge is 2.17. The van der Waals surface area contributed by atoms with Crippen molar-refractivity contribution in [3.8, 4) is 17.1 Å². The molecule has 0 saturated carbocycles. The first-order valence-corrected chi connectivity index (χ1v) is 11.3. The van der Waals surface area contributed by atoms with Crippen LogP contribution in [0.25, 0.3) is 11.4 Å². The monoisotopic (exact) mass is 486 g/mol. The SMILES string of the molecule is Cn1cc(Cc2ccccc2OCC(=O)OCCN2CCOCC2)c(-c2cc(Cl)nc(N)n2)n1. The summed E-state index contributed by atoms with van der Waals surface area (Å²) in [5.74, 6) is 0.272. The van der Waals surface area contributed by atoms with Crippen LogP contribution in [0.2, 0.25) is 5.15 Å². The summed E-state index contributed by atoms with van der Waals surface area (Å²) in [6.45, 7) is 3.98. The van der Waals surface area contributed by atoms with E-state index in [-0.39, 0.29) is 17.7 Å². The molecular formula is C23H27ClN6O4. The van der Waals surface area contributed by atoms with E-state index in [9.17, 15) is 4.79 Å². The van der Waals surface area contributed by atoms with Gasteiger partial charge >= 0.3 is 5.97 Å². The first kappa shape index (κ1) is 23.9. The van der Waals surface area contributed by atoms with E-state index >= 15 is 0 Å². The van der Waals surface area contributed by atoms with Crippen molar-refractivity contribution >= 4 is 23.5 Å². The number of anilines is 1. The van der Waals surface area contributed by atoms with E-state index in [2.05, 4.69) is 20.0 Å². The maximum absolute atomic E-state index is 12.2. The lowest BCUT2D eigenvalue weighted by molar-refractivity contribution is -0.146. The molecular weight excluding hydrogens is 460 g/mol. The lowest BCUT2D eigenvalue weighted by atomic mass is 10.0. The van der Waals surface area contributed by atoms with Crippen LogP contribution in [0.3, 0.4) is 0 Å². The first-order chi connectivity index (χ1) is 16.5. The van der Waals surface area contributed by atoms with E-state index in [1.807, 2.05) is 37.5 Å². The van der Waals surface area contributed by atoms with Crippen molar-refractivity contribution in [3.05, 3.63) is 52.8 Å². The van der Waals surface area contributed by atoms with Crippen molar-refractivity contribution in [1.29, 1.82) is 0 Å². The van der Waals surface area contributed by atoms with Crippen LogP contribution < -0.4 is 10.5 Å². The Bertz CT molecular complexity index is 1110. The number of hydrogen-bond acceptors (Lipinski definition) is 9. The second kappa shape index (κ2) is 11.3. The molecule has 0 aliphatic carbocycles. The van der Waals surface area contributed by atoms with Crippen molar-refractivity contribution in [2.75, 3.05) is 51.8 Å². The third kappa shape index (κ3) is 6.43. The Kier molecular flexibility index (Phi) is 7.94. The lowest BCUT2D eigenvalue weighted by Gasteiger charge is -2.26. The van der Waals surface area contributed by atoms with Gasteiger partial charge in [-0.25, -0.2) is 14.8 Å². The molecule has 180 valence electrons. The Morgan fingerprint density at radius 3 is 2.79 bits per heavy atom. The average molecular weight is 487 g/mol. The van der Waals surface area contributed by atoms with Gasteiger partial charge in [-0.05, 0) is 11.6 Å². The molecule has 0 bridgehead atoms. The van der Waals surface area contributed by atoms with Gasteiger partial charge < -0.3 is 19.9 Å². The number of esters is 1. The van der Waals surface area contributed by atoms with Crippen molar-refractivity contribution in [3.63, 3.8) is 0 Å². The molecule has 4 rings (SSSR count). The zero-order valence-electron chi connectivity index (χ0n) is 18.9. The summed E-state index contributed by atoms with van der Waals surface area (Å²) in [5, 5.41) is 4.77. The maximum Gasteiger partial charge on any atom is 0.344 e. The number of benzene rings is 1. The quantitative estimate of drug-likeness (QED) is 0.357. The number of rotatable bonds is 9. The van der Waals surface area contributed by atoms with Gasteiger partial charge in [-0.1, -0.05) is 29.8 Å². The van der Waals surface area contributed by atoms with Gasteiger partial charge in [0.2, 0.25) is 5.95 Å². The number of ether oxygens (including phenoxy) is 3. The third-order valence-corrected chi connectivity index (χ3v) is 5.53. The smallest absolute Gasteiger partial charge is 0.344 e. The van der Waals surface area contributed by atoms with Gasteiger partial charge in [0.05, 0.1) is 18.9 Å². The fourth-order valence-corrected chi connectivity index (χ4v) is 3.92. The van der Waals surface area contributed by atoms with Crippen LogP contribution in [0.15, 0.2) is 36.5 Å². The van der Waals surface area contributed by atoms with E-state index in [0.29, 0.717) is 49.9 Å². The zero-order valence-corrected chi connectivity index (χ0v) is 19.7. The van der Waals surface area contributed by atoms with E-state index in [1.165, 1.54) is 0 Å². The van der Waals surface area contributed by atoms with Crippen molar-refractivity contribution in [2.24, 2.45) is 7.05 Å². The molecule has 11 heteroatoms. The van der Waals surface area contributed by atoms with E-state index in [4.69, 9.17) is 31.5 Å². The third-order valence-electron chi connectivity index (χ3n) is 5.33. The summed E-state index contributed by atoms with van der Waals surface area (Å²) in [7, 11) is 1.83. The van der Waals surface area contributed by atoms with Crippen LogP contribution in [0, 0.1) is 0 Å². The molecule has 2 N–H and O–H groups in total. The van der Waals surface area contributed by atoms with Gasteiger partial charge in [-0.2, -0.15) is 5.10 Å². The highest BCUT2D eigenvalue weighted by Crippen LogP contribution is 2.28. The Balaban J connectivity index is 1.39. The number of hydrogen-bond donors (Lipinski definition) is 1.